The number of ketones is 1. The maximum absolute atomic E-state index is 9.44. The van der Waals surface area contributed by atoms with Crippen molar-refractivity contribution in [1.82, 2.24) is 0 Å². The van der Waals surface area contributed by atoms with E-state index in [1.807, 2.05) is 0 Å². The minimum atomic E-state index is -0.426. The van der Waals surface area contributed by atoms with Gasteiger partial charge < -0.3 is 5.73 Å². The molecule has 0 saturated carbocycles. The van der Waals surface area contributed by atoms with Gasteiger partial charge in [-0.1, -0.05) is 0 Å². The molecule has 0 aromatic carbocycles. The zero-order valence-electron chi connectivity index (χ0n) is 4.47. The molecule has 0 aliphatic heterocycles. The third-order valence-corrected chi connectivity index (χ3v) is 0.166. The Morgan fingerprint density at radius 1 is 1.57 bits per heavy atom. The number of carbonyl (C=O) groups excluding carboxylic acids is 2. The number of hydrogen-bond acceptors (Lipinski definition) is 3. The first-order valence-electron chi connectivity index (χ1n) is 1.81. The number of aldehydes is 1. The molecule has 0 heterocycles. The third kappa shape index (κ3) is 34.2. The first-order chi connectivity index (χ1) is 3.27. The van der Waals surface area contributed by atoms with Gasteiger partial charge in [-0.3, -0.25) is 9.59 Å². The lowest BCUT2D eigenvalue weighted by molar-refractivity contribution is -0.128. The third-order valence-electron chi connectivity index (χ3n) is 0.166. The normalized spacial score (nSPS) is 5.57. The van der Waals surface area contributed by atoms with Crippen molar-refractivity contribution >= 4 is 12.1 Å². The Morgan fingerprint density at radius 2 is 1.71 bits per heavy atom. The zero-order valence-corrected chi connectivity index (χ0v) is 4.47. The van der Waals surface area contributed by atoms with E-state index in [0.29, 0.717) is 0 Å². The van der Waals surface area contributed by atoms with Gasteiger partial charge in [-0.05, 0) is 7.05 Å². The molecule has 3 nitrogen and oxygen atoms in total. The Hall–Kier alpha value is -0.700. The summed E-state index contributed by atoms with van der Waals surface area (Å²) < 4.78 is 0. The van der Waals surface area contributed by atoms with Gasteiger partial charge in [-0.15, -0.1) is 0 Å². The highest BCUT2D eigenvalue weighted by Crippen LogP contribution is 1.48. The monoisotopic (exact) mass is 103 g/mol. The van der Waals surface area contributed by atoms with Crippen molar-refractivity contribution in [3.8, 4) is 0 Å². The fraction of sp³-hybridized carbons (Fsp3) is 0.500. The van der Waals surface area contributed by atoms with Crippen molar-refractivity contribution in [2.24, 2.45) is 5.73 Å². The second-order valence-corrected chi connectivity index (χ2v) is 0.729. The Labute approximate surface area is 42.5 Å². The first-order valence-corrected chi connectivity index (χ1v) is 1.81. The number of carbonyl (C=O) groups is 2. The maximum Gasteiger partial charge on any atom is 0.192 e. The Morgan fingerprint density at radius 3 is 1.71 bits per heavy atom. The average Bonchev–Trinajstić information content (AvgIpc) is 1.73. The SMILES string of the molecule is CC(=O)C=O.CN. The van der Waals surface area contributed by atoms with E-state index in [-0.39, 0.29) is 6.29 Å². The molecule has 0 aliphatic carbocycles. The summed E-state index contributed by atoms with van der Waals surface area (Å²) >= 11 is 0. The summed E-state index contributed by atoms with van der Waals surface area (Å²) in [7, 11) is 1.50. The maximum atomic E-state index is 9.44. The van der Waals surface area contributed by atoms with Gasteiger partial charge in [0.25, 0.3) is 0 Å². The minimum absolute atomic E-state index is 0.278. The fourth-order valence-electron chi connectivity index (χ4n) is 0. The van der Waals surface area contributed by atoms with E-state index in [9.17, 15) is 4.79 Å². The summed E-state index contributed by atoms with van der Waals surface area (Å²) in [6.45, 7) is 1.22. The molecule has 0 spiro atoms. The van der Waals surface area contributed by atoms with E-state index in [0.717, 1.165) is 0 Å². The molecule has 0 aromatic rings. The molecule has 0 unspecified atom stereocenters. The van der Waals surface area contributed by atoms with Crippen LogP contribution in [0.1, 0.15) is 6.92 Å². The van der Waals surface area contributed by atoms with Crippen molar-refractivity contribution in [3.05, 3.63) is 0 Å². The Bertz CT molecular complexity index is 60.7. The van der Waals surface area contributed by atoms with Gasteiger partial charge in [-0.25, -0.2) is 0 Å². The van der Waals surface area contributed by atoms with Crippen molar-refractivity contribution in [3.63, 3.8) is 0 Å². The highest BCUT2D eigenvalue weighted by Gasteiger charge is 1.76. The zero-order chi connectivity index (χ0) is 6.28. The van der Waals surface area contributed by atoms with Crippen LogP contribution in [-0.2, 0) is 9.59 Å². The lowest BCUT2D eigenvalue weighted by Gasteiger charge is -1.57. The number of Topliss-reactive ketones (excluding diaryl/α,β-unsaturated/α-hetero) is 1. The van der Waals surface area contributed by atoms with E-state index in [1.54, 1.807) is 0 Å². The molecule has 2 N–H and O–H groups in total. The number of hydrogen-bond donors (Lipinski definition) is 1. The molecular formula is C4H9NO2. The summed E-state index contributed by atoms with van der Waals surface area (Å²) in [5, 5.41) is 0. The van der Waals surface area contributed by atoms with Crippen LogP contribution in [0.2, 0.25) is 0 Å². The molecule has 0 aliphatic rings. The van der Waals surface area contributed by atoms with Crippen LogP contribution in [0.25, 0.3) is 0 Å². The van der Waals surface area contributed by atoms with E-state index in [2.05, 4.69) is 5.73 Å². The first kappa shape index (κ1) is 9.57. The number of nitrogens with two attached hydrogens (primary N) is 1. The molecule has 0 fully saturated rings. The van der Waals surface area contributed by atoms with Crippen molar-refractivity contribution in [1.29, 1.82) is 0 Å². The molecule has 0 atom stereocenters. The fourth-order valence-corrected chi connectivity index (χ4v) is 0. The van der Waals surface area contributed by atoms with Crippen LogP contribution in [0.4, 0.5) is 0 Å². The lowest BCUT2D eigenvalue weighted by Crippen LogP contribution is -1.85. The molecule has 0 bridgehead atoms. The Kier molecular flexibility index (Phi) is 12.3. The van der Waals surface area contributed by atoms with Crippen LogP contribution in [0.5, 0.6) is 0 Å². The van der Waals surface area contributed by atoms with Gasteiger partial charge in [-0.2, -0.15) is 0 Å². The molecule has 42 valence electrons. The van der Waals surface area contributed by atoms with Crippen molar-refractivity contribution in [2.45, 2.75) is 6.92 Å². The van der Waals surface area contributed by atoms with Gasteiger partial charge in [0, 0.05) is 6.92 Å². The Balaban J connectivity index is 0. The molecule has 0 rings (SSSR count). The van der Waals surface area contributed by atoms with Gasteiger partial charge >= 0.3 is 0 Å². The van der Waals surface area contributed by atoms with Gasteiger partial charge in [0.2, 0.25) is 0 Å². The van der Waals surface area contributed by atoms with E-state index < -0.39 is 5.78 Å². The summed E-state index contributed by atoms with van der Waals surface area (Å²) in [5.74, 6) is -0.426. The number of rotatable bonds is 1. The molecule has 0 saturated heterocycles. The molecule has 0 amide bonds. The second kappa shape index (κ2) is 9.00. The predicted octanol–water partition coefficient (Wildman–Crippen LogP) is -0.651. The largest absolute Gasteiger partial charge is 0.333 e. The standard InChI is InChI=1S/C3H4O2.CH5N/c1-3(5)2-4;1-2/h2H,1H3;2H2,1H3. The van der Waals surface area contributed by atoms with E-state index in [1.165, 1.54) is 14.0 Å². The molecule has 0 radical (unpaired) electrons. The summed E-state index contributed by atoms with van der Waals surface area (Å²) in [6.07, 6.45) is 0.278. The van der Waals surface area contributed by atoms with Crippen LogP contribution < -0.4 is 5.73 Å². The topological polar surface area (TPSA) is 60.2 Å². The van der Waals surface area contributed by atoms with E-state index in [4.69, 9.17) is 4.79 Å². The van der Waals surface area contributed by atoms with Crippen molar-refractivity contribution in [2.75, 3.05) is 7.05 Å². The van der Waals surface area contributed by atoms with Crippen LogP contribution in [0.3, 0.4) is 0 Å². The average molecular weight is 103 g/mol. The highest BCUT2D eigenvalue weighted by molar-refractivity contribution is 6.23. The second-order valence-electron chi connectivity index (χ2n) is 0.729. The van der Waals surface area contributed by atoms with Crippen LogP contribution in [0, 0.1) is 0 Å². The van der Waals surface area contributed by atoms with Gasteiger partial charge in [0.05, 0.1) is 0 Å². The molecule has 3 heteroatoms. The summed E-state index contributed by atoms with van der Waals surface area (Å²) in [6, 6.07) is 0. The quantitative estimate of drug-likeness (QED) is 0.354. The van der Waals surface area contributed by atoms with Crippen molar-refractivity contribution < 1.29 is 9.59 Å². The molecule has 0 aromatic heterocycles. The van der Waals surface area contributed by atoms with Crippen LogP contribution in [0.15, 0.2) is 0 Å². The molecular weight excluding hydrogens is 94.0 g/mol. The predicted molar refractivity (Wildman–Crippen MR) is 26.9 cm³/mol. The summed E-state index contributed by atoms with van der Waals surface area (Å²) in [4.78, 5) is 18.6. The summed E-state index contributed by atoms with van der Waals surface area (Å²) in [5.41, 5.74) is 4.50. The minimum Gasteiger partial charge on any atom is -0.333 e. The lowest BCUT2D eigenvalue weighted by atomic mass is 10.5. The van der Waals surface area contributed by atoms with E-state index >= 15 is 0 Å². The van der Waals surface area contributed by atoms with Crippen LogP contribution >= 0.6 is 0 Å². The highest BCUT2D eigenvalue weighted by atomic mass is 16.2. The van der Waals surface area contributed by atoms with Gasteiger partial charge in [0.1, 0.15) is 0 Å². The van der Waals surface area contributed by atoms with Gasteiger partial charge in [0.15, 0.2) is 12.1 Å². The smallest absolute Gasteiger partial charge is 0.192 e. The van der Waals surface area contributed by atoms with Crippen LogP contribution in [-0.4, -0.2) is 19.1 Å². The molecule has 7 heavy (non-hydrogen) atoms.